The van der Waals surface area contributed by atoms with E-state index in [1.54, 1.807) is 6.08 Å². The normalized spacial score (nSPS) is 27.5. The highest BCUT2D eigenvalue weighted by Gasteiger charge is 2.38. The topological polar surface area (TPSA) is 29.1 Å². The van der Waals surface area contributed by atoms with E-state index < -0.39 is 0 Å². The summed E-state index contributed by atoms with van der Waals surface area (Å²) < 4.78 is 0. The molecule has 0 bridgehead atoms. The van der Waals surface area contributed by atoms with Crippen molar-refractivity contribution in [3.05, 3.63) is 12.7 Å². The lowest BCUT2D eigenvalue weighted by atomic mass is 9.86. The molecule has 0 aliphatic carbocycles. The molecule has 2 nitrogen and oxygen atoms in total. The molecule has 0 radical (unpaired) electrons. The smallest absolute Gasteiger partial charge is 0.156 e. The van der Waals surface area contributed by atoms with Gasteiger partial charge in [0.2, 0.25) is 0 Å². The molecule has 0 spiro atoms. The number of ketones is 1. The summed E-state index contributed by atoms with van der Waals surface area (Å²) in [6.07, 6.45) is 6.39. The van der Waals surface area contributed by atoms with Gasteiger partial charge >= 0.3 is 0 Å². The molecule has 2 heteroatoms. The standard InChI is InChI=1S/C11H19NO/c1-3-6-10(13)11(7-4-2)8-5-9-12-11/h3,12H,1,4-9H2,2H3. The van der Waals surface area contributed by atoms with E-state index in [4.69, 9.17) is 0 Å². The number of rotatable bonds is 5. The molecule has 0 aromatic carbocycles. The van der Waals surface area contributed by atoms with Crippen molar-refractivity contribution in [3.63, 3.8) is 0 Å². The highest BCUT2D eigenvalue weighted by atomic mass is 16.1. The molecule has 1 unspecified atom stereocenters. The molecule has 1 N–H and O–H groups in total. The summed E-state index contributed by atoms with van der Waals surface area (Å²) in [6.45, 7) is 6.73. The zero-order valence-electron chi connectivity index (χ0n) is 8.44. The molecule has 1 aliphatic heterocycles. The number of hydrogen-bond acceptors (Lipinski definition) is 2. The van der Waals surface area contributed by atoms with Gasteiger partial charge in [-0.05, 0) is 25.8 Å². The van der Waals surface area contributed by atoms with Crippen molar-refractivity contribution in [1.82, 2.24) is 5.32 Å². The Labute approximate surface area is 80.4 Å². The SMILES string of the molecule is C=CCC(=O)C1(CCC)CCCN1. The van der Waals surface area contributed by atoms with Crippen LogP contribution in [0.2, 0.25) is 0 Å². The molecule has 0 aromatic rings. The lowest BCUT2D eigenvalue weighted by Gasteiger charge is -2.27. The second-order valence-electron chi connectivity index (χ2n) is 3.78. The van der Waals surface area contributed by atoms with Crippen LogP contribution in [0.4, 0.5) is 0 Å². The summed E-state index contributed by atoms with van der Waals surface area (Å²) in [7, 11) is 0. The Morgan fingerprint density at radius 3 is 2.92 bits per heavy atom. The van der Waals surface area contributed by atoms with Crippen molar-refractivity contribution in [2.75, 3.05) is 6.54 Å². The zero-order valence-corrected chi connectivity index (χ0v) is 8.44. The fourth-order valence-corrected chi connectivity index (χ4v) is 2.15. The monoisotopic (exact) mass is 181 g/mol. The second kappa shape index (κ2) is 4.56. The van der Waals surface area contributed by atoms with Crippen LogP contribution in [0.25, 0.3) is 0 Å². The maximum absolute atomic E-state index is 11.8. The van der Waals surface area contributed by atoms with Crippen molar-refractivity contribution >= 4 is 5.78 Å². The molecular weight excluding hydrogens is 162 g/mol. The van der Waals surface area contributed by atoms with Gasteiger partial charge in [0.1, 0.15) is 0 Å². The van der Waals surface area contributed by atoms with Gasteiger partial charge in [-0.15, -0.1) is 6.58 Å². The quantitative estimate of drug-likeness (QED) is 0.658. The maximum Gasteiger partial charge on any atom is 0.156 e. The Hall–Kier alpha value is -0.630. The minimum absolute atomic E-state index is 0.205. The van der Waals surface area contributed by atoms with Gasteiger partial charge in [-0.3, -0.25) is 4.79 Å². The van der Waals surface area contributed by atoms with Crippen molar-refractivity contribution in [2.45, 2.75) is 44.6 Å². The number of nitrogens with one attached hydrogen (secondary N) is 1. The average Bonchev–Trinajstić information content (AvgIpc) is 2.55. The Morgan fingerprint density at radius 1 is 1.69 bits per heavy atom. The maximum atomic E-state index is 11.8. The highest BCUT2D eigenvalue weighted by Crippen LogP contribution is 2.26. The predicted octanol–water partition coefficient (Wildman–Crippen LogP) is 2.05. The molecule has 0 saturated carbocycles. The van der Waals surface area contributed by atoms with E-state index in [1.807, 2.05) is 0 Å². The zero-order chi connectivity index (χ0) is 9.73. The van der Waals surface area contributed by atoms with Crippen LogP contribution in [0.5, 0.6) is 0 Å². The fraction of sp³-hybridized carbons (Fsp3) is 0.727. The van der Waals surface area contributed by atoms with Crippen LogP contribution in [0.1, 0.15) is 39.0 Å². The highest BCUT2D eigenvalue weighted by molar-refractivity contribution is 5.89. The Morgan fingerprint density at radius 2 is 2.46 bits per heavy atom. The van der Waals surface area contributed by atoms with Gasteiger partial charge < -0.3 is 5.32 Å². The number of Topliss-reactive ketones (excluding diaryl/α,β-unsaturated/α-hetero) is 1. The first-order valence-corrected chi connectivity index (χ1v) is 5.14. The van der Waals surface area contributed by atoms with Crippen molar-refractivity contribution in [1.29, 1.82) is 0 Å². The fourth-order valence-electron chi connectivity index (χ4n) is 2.15. The molecule has 0 aromatic heterocycles. The minimum atomic E-state index is -0.205. The lowest BCUT2D eigenvalue weighted by Crippen LogP contribution is -2.47. The molecular formula is C11H19NO. The number of carbonyl (C=O) groups is 1. The summed E-state index contributed by atoms with van der Waals surface area (Å²) in [5.74, 6) is 0.321. The molecule has 1 rings (SSSR count). The van der Waals surface area contributed by atoms with E-state index in [0.29, 0.717) is 12.2 Å². The van der Waals surface area contributed by atoms with E-state index >= 15 is 0 Å². The molecule has 74 valence electrons. The minimum Gasteiger partial charge on any atom is -0.305 e. The van der Waals surface area contributed by atoms with Crippen LogP contribution < -0.4 is 5.32 Å². The van der Waals surface area contributed by atoms with Crippen LogP contribution in [0.15, 0.2) is 12.7 Å². The van der Waals surface area contributed by atoms with Gasteiger partial charge in [-0.2, -0.15) is 0 Å². The van der Waals surface area contributed by atoms with Gasteiger partial charge in [0.15, 0.2) is 5.78 Å². The van der Waals surface area contributed by atoms with Gasteiger partial charge in [-0.1, -0.05) is 19.4 Å². The summed E-state index contributed by atoms with van der Waals surface area (Å²) in [5.41, 5.74) is -0.205. The number of hydrogen-bond donors (Lipinski definition) is 1. The van der Waals surface area contributed by atoms with E-state index in [1.165, 1.54) is 0 Å². The van der Waals surface area contributed by atoms with Gasteiger partial charge in [-0.25, -0.2) is 0 Å². The summed E-state index contributed by atoms with van der Waals surface area (Å²) in [6, 6.07) is 0. The molecule has 1 fully saturated rings. The number of allylic oxidation sites excluding steroid dienone is 1. The molecule has 13 heavy (non-hydrogen) atoms. The third kappa shape index (κ3) is 2.19. The average molecular weight is 181 g/mol. The Bertz CT molecular complexity index is 192. The third-order valence-electron chi connectivity index (χ3n) is 2.78. The first kappa shape index (κ1) is 10.5. The Balaban J connectivity index is 2.65. The van der Waals surface area contributed by atoms with Crippen LogP contribution in [0, 0.1) is 0 Å². The van der Waals surface area contributed by atoms with E-state index in [9.17, 15) is 4.79 Å². The lowest BCUT2D eigenvalue weighted by molar-refractivity contribution is -0.124. The van der Waals surface area contributed by atoms with Crippen LogP contribution in [-0.4, -0.2) is 17.9 Å². The van der Waals surface area contributed by atoms with E-state index in [-0.39, 0.29) is 5.54 Å². The van der Waals surface area contributed by atoms with Crippen molar-refractivity contribution in [2.24, 2.45) is 0 Å². The number of carbonyl (C=O) groups excluding carboxylic acids is 1. The predicted molar refractivity (Wildman–Crippen MR) is 54.7 cm³/mol. The van der Waals surface area contributed by atoms with Gasteiger partial charge in [0.05, 0.1) is 5.54 Å². The molecule has 1 heterocycles. The van der Waals surface area contributed by atoms with Crippen LogP contribution in [-0.2, 0) is 4.79 Å². The molecule has 0 amide bonds. The summed E-state index contributed by atoms with van der Waals surface area (Å²) >= 11 is 0. The molecule has 1 aliphatic rings. The summed E-state index contributed by atoms with van der Waals surface area (Å²) in [5, 5.41) is 3.36. The first-order chi connectivity index (χ1) is 6.25. The van der Waals surface area contributed by atoms with E-state index in [0.717, 1.165) is 32.2 Å². The first-order valence-electron chi connectivity index (χ1n) is 5.14. The Kier molecular flexibility index (Phi) is 3.67. The molecule has 1 saturated heterocycles. The second-order valence-corrected chi connectivity index (χ2v) is 3.78. The van der Waals surface area contributed by atoms with Crippen molar-refractivity contribution < 1.29 is 4.79 Å². The van der Waals surface area contributed by atoms with Crippen molar-refractivity contribution in [3.8, 4) is 0 Å². The molecule has 1 atom stereocenters. The van der Waals surface area contributed by atoms with Crippen LogP contribution >= 0.6 is 0 Å². The van der Waals surface area contributed by atoms with E-state index in [2.05, 4.69) is 18.8 Å². The largest absolute Gasteiger partial charge is 0.305 e. The summed E-state index contributed by atoms with van der Waals surface area (Å²) in [4.78, 5) is 11.8. The van der Waals surface area contributed by atoms with Gasteiger partial charge in [0, 0.05) is 6.42 Å². The van der Waals surface area contributed by atoms with Gasteiger partial charge in [0.25, 0.3) is 0 Å². The third-order valence-corrected chi connectivity index (χ3v) is 2.78. The van der Waals surface area contributed by atoms with Crippen LogP contribution in [0.3, 0.4) is 0 Å².